The molecule has 0 amide bonds. The molecule has 0 N–H and O–H groups in total. The van der Waals surface area contributed by atoms with Crippen LogP contribution in [0.1, 0.15) is 64.9 Å². The number of aliphatic imine (C=N–C) groups is 1. The SMILES string of the molecule is CCCCOC(=O)C1C(C)=NC2=C(C(=O)CC(C)(C)C2)[C@H]1c1cccc2ccccc12. The van der Waals surface area contributed by atoms with Crippen LogP contribution in [0.5, 0.6) is 0 Å². The Labute approximate surface area is 184 Å². The van der Waals surface area contributed by atoms with Crippen LogP contribution in [0.2, 0.25) is 0 Å². The molecule has 2 atom stereocenters. The van der Waals surface area contributed by atoms with Crippen LogP contribution in [0.25, 0.3) is 10.8 Å². The first-order valence-corrected chi connectivity index (χ1v) is 11.3. The van der Waals surface area contributed by atoms with Gasteiger partial charge < -0.3 is 4.74 Å². The minimum absolute atomic E-state index is 0.104. The van der Waals surface area contributed by atoms with Crippen LogP contribution in [0.4, 0.5) is 0 Å². The number of rotatable bonds is 5. The van der Waals surface area contributed by atoms with Crippen LogP contribution in [-0.4, -0.2) is 24.1 Å². The summed E-state index contributed by atoms with van der Waals surface area (Å²) in [5, 5.41) is 2.17. The molecular weight excluding hydrogens is 386 g/mol. The lowest BCUT2D eigenvalue weighted by atomic mass is 9.66. The average Bonchev–Trinajstić information content (AvgIpc) is 2.71. The zero-order valence-corrected chi connectivity index (χ0v) is 18.9. The predicted octanol–water partition coefficient (Wildman–Crippen LogP) is 6.00. The third kappa shape index (κ3) is 4.08. The quantitative estimate of drug-likeness (QED) is 0.443. The van der Waals surface area contributed by atoms with Crippen molar-refractivity contribution in [2.24, 2.45) is 16.3 Å². The lowest BCUT2D eigenvalue weighted by Gasteiger charge is -2.39. The Morgan fingerprint density at radius 3 is 2.65 bits per heavy atom. The van der Waals surface area contributed by atoms with Gasteiger partial charge >= 0.3 is 5.97 Å². The number of ether oxygens (including phenoxy) is 1. The molecule has 0 saturated heterocycles. The fraction of sp³-hybridized carbons (Fsp3) is 0.444. The lowest BCUT2D eigenvalue weighted by molar-refractivity contribution is -0.146. The van der Waals surface area contributed by atoms with Crippen molar-refractivity contribution in [2.75, 3.05) is 6.61 Å². The van der Waals surface area contributed by atoms with E-state index in [4.69, 9.17) is 9.73 Å². The molecule has 31 heavy (non-hydrogen) atoms. The summed E-state index contributed by atoms with van der Waals surface area (Å²) in [6, 6.07) is 14.3. The van der Waals surface area contributed by atoms with Gasteiger partial charge in [-0.2, -0.15) is 0 Å². The molecule has 0 spiro atoms. The highest BCUT2D eigenvalue weighted by molar-refractivity contribution is 6.10. The summed E-state index contributed by atoms with van der Waals surface area (Å²) in [5.74, 6) is -1.12. The molecule has 2 aromatic carbocycles. The molecule has 0 aromatic heterocycles. The molecule has 1 aliphatic carbocycles. The topological polar surface area (TPSA) is 55.7 Å². The first kappa shape index (κ1) is 21.5. The third-order valence-electron chi connectivity index (χ3n) is 6.46. The zero-order valence-electron chi connectivity index (χ0n) is 18.9. The van der Waals surface area contributed by atoms with Gasteiger partial charge in [0.05, 0.1) is 6.61 Å². The number of hydrogen-bond acceptors (Lipinski definition) is 4. The lowest BCUT2D eigenvalue weighted by Crippen LogP contribution is -2.39. The van der Waals surface area contributed by atoms with E-state index in [2.05, 4.69) is 45.0 Å². The van der Waals surface area contributed by atoms with Crippen molar-refractivity contribution in [3.05, 3.63) is 59.3 Å². The fourth-order valence-electron chi connectivity index (χ4n) is 5.02. The normalized spacial score (nSPS) is 22.8. The zero-order chi connectivity index (χ0) is 22.2. The van der Waals surface area contributed by atoms with Crippen LogP contribution in [0, 0.1) is 11.3 Å². The number of nitrogens with zero attached hydrogens (tertiary/aromatic N) is 1. The van der Waals surface area contributed by atoms with Gasteiger partial charge in [0.2, 0.25) is 0 Å². The van der Waals surface area contributed by atoms with Gasteiger partial charge in [-0.15, -0.1) is 0 Å². The van der Waals surface area contributed by atoms with E-state index in [9.17, 15) is 9.59 Å². The van der Waals surface area contributed by atoms with E-state index >= 15 is 0 Å². The molecule has 0 bridgehead atoms. The van der Waals surface area contributed by atoms with Crippen LogP contribution >= 0.6 is 0 Å². The van der Waals surface area contributed by atoms with Gasteiger partial charge in [0.15, 0.2) is 5.78 Å². The number of benzene rings is 2. The maximum absolute atomic E-state index is 13.4. The molecule has 1 aliphatic heterocycles. The molecule has 2 aromatic rings. The van der Waals surface area contributed by atoms with Gasteiger partial charge in [-0.25, -0.2) is 0 Å². The Balaban J connectivity index is 1.88. The first-order valence-electron chi connectivity index (χ1n) is 11.3. The molecule has 0 saturated carbocycles. The van der Waals surface area contributed by atoms with E-state index in [1.54, 1.807) is 0 Å². The second-order valence-electron chi connectivity index (χ2n) is 9.60. The van der Waals surface area contributed by atoms with Crippen molar-refractivity contribution < 1.29 is 14.3 Å². The van der Waals surface area contributed by atoms with Gasteiger partial charge in [-0.3, -0.25) is 14.6 Å². The molecule has 0 radical (unpaired) electrons. The molecule has 0 fully saturated rings. The van der Waals surface area contributed by atoms with Crippen molar-refractivity contribution in [1.82, 2.24) is 0 Å². The fourth-order valence-corrected chi connectivity index (χ4v) is 5.02. The van der Waals surface area contributed by atoms with E-state index in [0.717, 1.165) is 47.0 Å². The predicted molar refractivity (Wildman–Crippen MR) is 124 cm³/mol. The van der Waals surface area contributed by atoms with E-state index in [1.807, 2.05) is 25.1 Å². The Kier molecular flexibility index (Phi) is 5.83. The van der Waals surface area contributed by atoms with Gasteiger partial charge in [-0.05, 0) is 41.5 Å². The third-order valence-corrected chi connectivity index (χ3v) is 6.46. The Morgan fingerprint density at radius 2 is 1.87 bits per heavy atom. The molecular formula is C27H31NO3. The summed E-state index contributed by atoms with van der Waals surface area (Å²) in [4.78, 5) is 31.5. The van der Waals surface area contributed by atoms with Crippen molar-refractivity contribution in [1.29, 1.82) is 0 Å². The highest BCUT2D eigenvalue weighted by atomic mass is 16.5. The van der Waals surface area contributed by atoms with Gasteiger partial charge in [0.25, 0.3) is 0 Å². The second-order valence-corrected chi connectivity index (χ2v) is 9.60. The summed E-state index contributed by atoms with van der Waals surface area (Å²) >= 11 is 0. The molecule has 4 rings (SSSR count). The number of unbranched alkanes of at least 4 members (excludes halogenated alkanes) is 1. The minimum Gasteiger partial charge on any atom is -0.465 e. The highest BCUT2D eigenvalue weighted by Crippen LogP contribution is 2.49. The summed E-state index contributed by atoms with van der Waals surface area (Å²) < 4.78 is 5.66. The molecule has 4 nitrogen and oxygen atoms in total. The number of fused-ring (bicyclic) bond motifs is 1. The van der Waals surface area contributed by atoms with Gasteiger partial charge in [-0.1, -0.05) is 69.7 Å². The van der Waals surface area contributed by atoms with Crippen molar-refractivity contribution >= 4 is 28.2 Å². The highest BCUT2D eigenvalue weighted by Gasteiger charge is 2.46. The number of ketones is 1. The number of carbonyl (C=O) groups excluding carboxylic acids is 2. The smallest absolute Gasteiger partial charge is 0.315 e. The molecule has 2 aliphatic rings. The Morgan fingerprint density at radius 1 is 1.13 bits per heavy atom. The minimum atomic E-state index is -0.577. The summed E-state index contributed by atoms with van der Waals surface area (Å²) in [5.41, 5.74) is 3.17. The number of carbonyl (C=O) groups is 2. The van der Waals surface area contributed by atoms with Crippen LogP contribution in [0.3, 0.4) is 0 Å². The van der Waals surface area contributed by atoms with E-state index in [0.29, 0.717) is 18.6 Å². The van der Waals surface area contributed by atoms with Crippen LogP contribution < -0.4 is 0 Å². The van der Waals surface area contributed by atoms with Gasteiger partial charge in [0, 0.05) is 29.3 Å². The van der Waals surface area contributed by atoms with Gasteiger partial charge in [0.1, 0.15) is 5.92 Å². The van der Waals surface area contributed by atoms with Crippen LogP contribution in [-0.2, 0) is 14.3 Å². The number of Topliss-reactive ketones (excluding diaryl/α,β-unsaturated/α-hetero) is 1. The second kappa shape index (κ2) is 8.41. The summed E-state index contributed by atoms with van der Waals surface area (Å²) in [7, 11) is 0. The van der Waals surface area contributed by atoms with Crippen molar-refractivity contribution in [3.8, 4) is 0 Å². The van der Waals surface area contributed by atoms with Crippen molar-refractivity contribution in [2.45, 2.75) is 59.3 Å². The molecule has 1 heterocycles. The molecule has 162 valence electrons. The number of hydrogen-bond donors (Lipinski definition) is 0. The van der Waals surface area contributed by atoms with E-state index in [-0.39, 0.29) is 23.1 Å². The monoisotopic (exact) mass is 417 g/mol. The van der Waals surface area contributed by atoms with E-state index in [1.165, 1.54) is 0 Å². The van der Waals surface area contributed by atoms with Crippen molar-refractivity contribution in [3.63, 3.8) is 0 Å². The standard InChI is InChI=1S/C27H31NO3/c1-5-6-14-31-26(30)23-17(2)28-21-15-27(3,4)16-22(29)25(21)24(23)20-13-9-11-18-10-7-8-12-19(18)20/h7-13,23-24H,5-6,14-16H2,1-4H3/t23?,24-/m0/s1. The Hall–Kier alpha value is -2.75. The van der Waals surface area contributed by atoms with Crippen LogP contribution in [0.15, 0.2) is 58.7 Å². The maximum atomic E-state index is 13.4. The molecule has 4 heteroatoms. The first-order chi connectivity index (χ1) is 14.8. The number of esters is 1. The average molecular weight is 418 g/mol. The summed E-state index contributed by atoms with van der Waals surface area (Å²) in [6.07, 6.45) is 3.00. The Bertz CT molecular complexity index is 1090. The van der Waals surface area contributed by atoms with E-state index < -0.39 is 5.92 Å². The number of allylic oxidation sites excluding steroid dienone is 2. The molecule has 1 unspecified atom stereocenters. The summed E-state index contributed by atoms with van der Waals surface area (Å²) in [6.45, 7) is 8.59. The maximum Gasteiger partial charge on any atom is 0.315 e. The largest absolute Gasteiger partial charge is 0.465 e.